The second-order valence-electron chi connectivity index (χ2n) is 5.96. The highest BCUT2D eigenvalue weighted by atomic mass is 79.9. The average molecular weight is 419 g/mol. The molecule has 0 unspecified atom stereocenters. The van der Waals surface area contributed by atoms with Crippen LogP contribution in [0.2, 0.25) is 5.02 Å². The van der Waals surface area contributed by atoms with E-state index in [4.69, 9.17) is 21.1 Å². The summed E-state index contributed by atoms with van der Waals surface area (Å²) in [5, 5.41) is 3.49. The molecule has 0 aliphatic heterocycles. The Kier molecular flexibility index (Phi) is 7.37. The molecule has 1 N–H and O–H groups in total. The monoisotopic (exact) mass is 417 g/mol. The number of halogens is 2. The molecule has 0 aromatic heterocycles. The molecule has 1 saturated carbocycles. The van der Waals surface area contributed by atoms with E-state index in [1.807, 2.05) is 0 Å². The van der Waals surface area contributed by atoms with Crippen LogP contribution in [-0.4, -0.2) is 31.1 Å². The summed E-state index contributed by atoms with van der Waals surface area (Å²) < 4.78 is 10.9. The van der Waals surface area contributed by atoms with Crippen molar-refractivity contribution in [2.75, 3.05) is 13.2 Å². The van der Waals surface area contributed by atoms with Crippen LogP contribution in [0.25, 0.3) is 0 Å². The first-order chi connectivity index (χ1) is 11.5. The summed E-state index contributed by atoms with van der Waals surface area (Å²) in [4.78, 5) is 23.6. The number of hydrogen-bond acceptors (Lipinski definition) is 4. The Morgan fingerprint density at radius 2 is 2.04 bits per heavy atom. The Bertz CT molecular complexity index is 596. The van der Waals surface area contributed by atoms with Gasteiger partial charge in [0.1, 0.15) is 5.75 Å². The molecule has 1 aromatic carbocycles. The highest BCUT2D eigenvalue weighted by Crippen LogP contribution is 2.28. The van der Waals surface area contributed by atoms with E-state index >= 15 is 0 Å². The topological polar surface area (TPSA) is 64.6 Å². The molecule has 2 atom stereocenters. The maximum Gasteiger partial charge on any atom is 0.344 e. The summed E-state index contributed by atoms with van der Waals surface area (Å²) in [5.74, 6) is 0.0827. The van der Waals surface area contributed by atoms with Crippen LogP contribution in [0, 0.1) is 5.92 Å². The molecule has 0 saturated heterocycles. The molecule has 1 fully saturated rings. The summed E-state index contributed by atoms with van der Waals surface area (Å²) in [6.07, 6.45) is 4.43. The molecule has 1 aromatic rings. The third kappa shape index (κ3) is 5.98. The number of amides is 1. The molecule has 0 bridgehead atoms. The molecule has 5 nitrogen and oxygen atoms in total. The van der Waals surface area contributed by atoms with E-state index < -0.39 is 5.97 Å². The van der Waals surface area contributed by atoms with Crippen molar-refractivity contribution >= 4 is 39.4 Å². The second-order valence-corrected chi connectivity index (χ2v) is 7.25. The van der Waals surface area contributed by atoms with Gasteiger partial charge in [-0.2, -0.15) is 0 Å². The summed E-state index contributed by atoms with van der Waals surface area (Å²) >= 11 is 9.13. The number of rotatable bonds is 6. The lowest BCUT2D eigenvalue weighted by molar-refractivity contribution is -0.150. The van der Waals surface area contributed by atoms with Gasteiger partial charge in [0.05, 0.1) is 4.47 Å². The maximum absolute atomic E-state index is 11.9. The van der Waals surface area contributed by atoms with Crippen LogP contribution in [0.5, 0.6) is 5.75 Å². The van der Waals surface area contributed by atoms with Crippen LogP contribution in [-0.2, 0) is 14.3 Å². The van der Waals surface area contributed by atoms with Crippen molar-refractivity contribution < 1.29 is 19.1 Å². The predicted octanol–water partition coefficient (Wildman–Crippen LogP) is 3.72. The first-order valence-corrected chi connectivity index (χ1v) is 9.15. The van der Waals surface area contributed by atoms with Gasteiger partial charge in [0, 0.05) is 11.1 Å². The summed E-state index contributed by atoms with van der Waals surface area (Å²) in [5.41, 5.74) is 0. The predicted molar refractivity (Wildman–Crippen MR) is 95.2 cm³/mol. The van der Waals surface area contributed by atoms with Crippen molar-refractivity contribution in [1.82, 2.24) is 5.32 Å². The number of hydrogen-bond donors (Lipinski definition) is 1. The zero-order valence-electron chi connectivity index (χ0n) is 13.5. The minimum atomic E-state index is -0.594. The Balaban J connectivity index is 1.69. The number of esters is 1. The first-order valence-electron chi connectivity index (χ1n) is 7.98. The van der Waals surface area contributed by atoms with Gasteiger partial charge in [-0.15, -0.1) is 0 Å². The van der Waals surface area contributed by atoms with Crippen LogP contribution in [0.1, 0.15) is 32.6 Å². The first kappa shape index (κ1) is 19.1. The van der Waals surface area contributed by atoms with Gasteiger partial charge in [-0.3, -0.25) is 4.79 Å². The minimum Gasteiger partial charge on any atom is -0.481 e. The van der Waals surface area contributed by atoms with Gasteiger partial charge < -0.3 is 14.8 Å². The fourth-order valence-electron chi connectivity index (χ4n) is 2.70. The quantitative estimate of drug-likeness (QED) is 0.715. The highest BCUT2D eigenvalue weighted by molar-refractivity contribution is 9.10. The molecule has 0 radical (unpaired) electrons. The third-order valence-corrected chi connectivity index (χ3v) is 4.92. The lowest BCUT2D eigenvalue weighted by Gasteiger charge is -2.29. The van der Waals surface area contributed by atoms with E-state index in [2.05, 4.69) is 28.2 Å². The molecule has 0 spiro atoms. The minimum absolute atomic E-state index is 0.172. The van der Waals surface area contributed by atoms with E-state index in [1.165, 1.54) is 6.42 Å². The Morgan fingerprint density at radius 3 is 2.75 bits per heavy atom. The molecule has 7 heteroatoms. The van der Waals surface area contributed by atoms with E-state index in [-0.39, 0.29) is 25.2 Å². The van der Waals surface area contributed by atoms with Crippen LogP contribution < -0.4 is 10.1 Å². The summed E-state index contributed by atoms with van der Waals surface area (Å²) in [6, 6.07) is 5.15. The van der Waals surface area contributed by atoms with E-state index in [0.29, 0.717) is 21.2 Å². The van der Waals surface area contributed by atoms with E-state index in [9.17, 15) is 9.59 Å². The van der Waals surface area contributed by atoms with Crippen LogP contribution >= 0.6 is 27.5 Å². The summed E-state index contributed by atoms with van der Waals surface area (Å²) in [7, 11) is 0. The van der Waals surface area contributed by atoms with Gasteiger partial charge in [-0.05, 0) is 52.9 Å². The molecule has 1 amide bonds. The standard InChI is InChI=1S/C17H21BrClNO4/c1-11-4-2-3-5-14(11)20-16(21)9-24-17(22)10-23-15-7-6-12(19)8-13(15)18/h6-8,11,14H,2-5,9-10H2,1H3,(H,20,21)/t11-,14-/m0/s1. The Morgan fingerprint density at radius 1 is 1.29 bits per heavy atom. The number of ether oxygens (including phenoxy) is 2. The van der Waals surface area contributed by atoms with Crippen LogP contribution in [0.3, 0.4) is 0 Å². The number of benzene rings is 1. The highest BCUT2D eigenvalue weighted by Gasteiger charge is 2.23. The molecule has 1 aliphatic carbocycles. The van der Waals surface area contributed by atoms with Gasteiger partial charge >= 0.3 is 5.97 Å². The largest absolute Gasteiger partial charge is 0.481 e. The van der Waals surface area contributed by atoms with Crippen molar-refractivity contribution in [3.8, 4) is 5.75 Å². The molecule has 0 heterocycles. The van der Waals surface area contributed by atoms with Crippen LogP contribution in [0.4, 0.5) is 0 Å². The lowest BCUT2D eigenvalue weighted by atomic mass is 9.86. The molecular formula is C17H21BrClNO4. The molecule has 24 heavy (non-hydrogen) atoms. The normalized spacial score (nSPS) is 20.3. The SMILES string of the molecule is C[C@H]1CCCC[C@@H]1NC(=O)COC(=O)COc1ccc(Cl)cc1Br. The fourth-order valence-corrected chi connectivity index (χ4v) is 3.49. The fraction of sp³-hybridized carbons (Fsp3) is 0.529. The van der Waals surface area contributed by atoms with Gasteiger partial charge in [0.25, 0.3) is 5.91 Å². The summed E-state index contributed by atoms with van der Waals surface area (Å²) in [6.45, 7) is 1.58. The second kappa shape index (κ2) is 9.28. The molecule has 132 valence electrons. The maximum atomic E-state index is 11.9. The van der Waals surface area contributed by atoms with E-state index in [1.54, 1.807) is 18.2 Å². The molecule has 2 rings (SSSR count). The van der Waals surface area contributed by atoms with Crippen molar-refractivity contribution in [1.29, 1.82) is 0 Å². The van der Waals surface area contributed by atoms with Crippen molar-refractivity contribution in [2.45, 2.75) is 38.6 Å². The van der Waals surface area contributed by atoms with Crippen molar-refractivity contribution in [2.24, 2.45) is 5.92 Å². The van der Waals surface area contributed by atoms with E-state index in [0.717, 1.165) is 19.3 Å². The number of nitrogens with one attached hydrogen (secondary N) is 1. The zero-order valence-corrected chi connectivity index (χ0v) is 15.9. The zero-order chi connectivity index (χ0) is 17.5. The lowest BCUT2D eigenvalue weighted by Crippen LogP contribution is -2.43. The number of carbonyl (C=O) groups is 2. The van der Waals surface area contributed by atoms with Crippen LogP contribution in [0.15, 0.2) is 22.7 Å². The van der Waals surface area contributed by atoms with Gasteiger partial charge in [0.15, 0.2) is 13.2 Å². The average Bonchev–Trinajstić information content (AvgIpc) is 2.54. The Labute approximate surface area is 155 Å². The number of carbonyl (C=O) groups excluding carboxylic acids is 2. The molecular weight excluding hydrogens is 398 g/mol. The molecule has 1 aliphatic rings. The van der Waals surface area contributed by atoms with Gasteiger partial charge in [-0.1, -0.05) is 31.4 Å². The Hall–Kier alpha value is -1.27. The third-order valence-electron chi connectivity index (χ3n) is 4.06. The van der Waals surface area contributed by atoms with Gasteiger partial charge in [-0.25, -0.2) is 4.79 Å². The van der Waals surface area contributed by atoms with Gasteiger partial charge in [0.2, 0.25) is 0 Å². The van der Waals surface area contributed by atoms with Crippen molar-refractivity contribution in [3.05, 3.63) is 27.7 Å². The smallest absolute Gasteiger partial charge is 0.344 e. The van der Waals surface area contributed by atoms with Crippen molar-refractivity contribution in [3.63, 3.8) is 0 Å².